The van der Waals surface area contributed by atoms with Gasteiger partial charge in [0, 0.05) is 16.7 Å². The van der Waals surface area contributed by atoms with Crippen LogP contribution in [0.4, 0.5) is 0 Å². The zero-order valence-corrected chi connectivity index (χ0v) is 10.2. The van der Waals surface area contributed by atoms with Gasteiger partial charge in [0.25, 0.3) is 0 Å². The molecule has 4 heteroatoms. The molecule has 0 N–H and O–H groups in total. The third kappa shape index (κ3) is 2.99. The summed E-state index contributed by atoms with van der Waals surface area (Å²) in [5, 5.41) is 1.01. The van der Waals surface area contributed by atoms with Crippen LogP contribution in [-0.2, 0) is 0 Å². The highest BCUT2D eigenvalue weighted by molar-refractivity contribution is 6.33. The Hall–Kier alpha value is -1.51. The molecule has 0 fully saturated rings. The van der Waals surface area contributed by atoms with E-state index in [-0.39, 0.29) is 0 Å². The number of hydrogen-bond acceptors (Lipinski definition) is 2. The van der Waals surface area contributed by atoms with Gasteiger partial charge in [-0.2, -0.15) is 0 Å². The fourth-order valence-electron chi connectivity index (χ4n) is 1.31. The molecule has 0 aliphatic heterocycles. The number of aldehydes is 1. The summed E-state index contributed by atoms with van der Waals surface area (Å²) in [6.07, 6.45) is 0.703. The van der Waals surface area contributed by atoms with Crippen LogP contribution in [0.2, 0.25) is 10.0 Å². The zero-order chi connectivity index (χ0) is 12.3. The van der Waals surface area contributed by atoms with E-state index in [1.807, 2.05) is 0 Å². The Kier molecular flexibility index (Phi) is 3.67. The highest BCUT2D eigenvalue weighted by Gasteiger charge is 2.02. The summed E-state index contributed by atoms with van der Waals surface area (Å²) in [7, 11) is 0. The largest absolute Gasteiger partial charge is 0.457 e. The van der Waals surface area contributed by atoms with Crippen LogP contribution in [0, 0.1) is 0 Å². The lowest BCUT2D eigenvalue weighted by Gasteiger charge is -2.06. The molecule has 0 amide bonds. The van der Waals surface area contributed by atoms with Crippen molar-refractivity contribution in [2.24, 2.45) is 0 Å². The second-order valence-electron chi connectivity index (χ2n) is 3.36. The lowest BCUT2D eigenvalue weighted by Crippen LogP contribution is -1.86. The Bertz CT molecular complexity index is 536. The summed E-state index contributed by atoms with van der Waals surface area (Å²) < 4.78 is 5.55. The minimum atomic E-state index is 0.367. The van der Waals surface area contributed by atoms with Gasteiger partial charge >= 0.3 is 0 Å². The van der Waals surface area contributed by atoms with Crippen LogP contribution in [0.3, 0.4) is 0 Å². The van der Waals surface area contributed by atoms with Gasteiger partial charge in [-0.3, -0.25) is 4.79 Å². The van der Waals surface area contributed by atoms with Crippen molar-refractivity contribution in [1.82, 2.24) is 0 Å². The van der Waals surface area contributed by atoms with Crippen molar-refractivity contribution >= 4 is 29.5 Å². The molecule has 0 aromatic heterocycles. The van der Waals surface area contributed by atoms with E-state index in [9.17, 15) is 4.79 Å². The zero-order valence-electron chi connectivity index (χ0n) is 8.69. The maximum atomic E-state index is 10.6. The third-order valence-corrected chi connectivity index (χ3v) is 2.73. The smallest absolute Gasteiger partial charge is 0.151 e. The summed E-state index contributed by atoms with van der Waals surface area (Å²) in [5.41, 5.74) is 0.440. The number of hydrogen-bond donors (Lipinski definition) is 0. The minimum absolute atomic E-state index is 0.367. The first-order chi connectivity index (χ1) is 8.19. The Morgan fingerprint density at radius 3 is 2.18 bits per heavy atom. The maximum absolute atomic E-state index is 10.6. The monoisotopic (exact) mass is 266 g/mol. The molecule has 0 spiro atoms. The van der Waals surface area contributed by atoms with Crippen LogP contribution in [0.1, 0.15) is 10.4 Å². The van der Waals surface area contributed by atoms with E-state index in [0.717, 1.165) is 0 Å². The van der Waals surface area contributed by atoms with E-state index in [4.69, 9.17) is 27.9 Å². The Labute approximate surface area is 109 Å². The van der Waals surface area contributed by atoms with E-state index >= 15 is 0 Å². The van der Waals surface area contributed by atoms with Gasteiger partial charge in [0.2, 0.25) is 0 Å². The maximum Gasteiger partial charge on any atom is 0.151 e. The van der Waals surface area contributed by atoms with Gasteiger partial charge in [0.15, 0.2) is 6.29 Å². The van der Waals surface area contributed by atoms with E-state index in [2.05, 4.69) is 0 Å². The molecule has 0 heterocycles. The van der Waals surface area contributed by atoms with Crippen molar-refractivity contribution in [3.05, 3.63) is 58.1 Å². The van der Waals surface area contributed by atoms with Crippen LogP contribution in [0.25, 0.3) is 0 Å². The molecule has 86 valence electrons. The molecule has 2 rings (SSSR count). The van der Waals surface area contributed by atoms with Gasteiger partial charge in [0.1, 0.15) is 11.5 Å². The fourth-order valence-corrected chi connectivity index (χ4v) is 1.65. The molecule has 0 aliphatic carbocycles. The first-order valence-corrected chi connectivity index (χ1v) is 5.63. The minimum Gasteiger partial charge on any atom is -0.457 e. The molecule has 0 aliphatic rings. The third-order valence-electron chi connectivity index (χ3n) is 2.15. The number of ether oxygens (including phenoxy) is 1. The summed E-state index contributed by atoms with van der Waals surface area (Å²) in [6, 6.07) is 11.9. The fraction of sp³-hybridized carbons (Fsp3) is 0. The molecule has 0 atom stereocenters. The molecule has 2 aromatic carbocycles. The molecule has 0 unspecified atom stereocenters. The Balaban J connectivity index is 2.21. The normalized spacial score (nSPS) is 10.0. The van der Waals surface area contributed by atoms with E-state index in [0.29, 0.717) is 33.4 Å². The first kappa shape index (κ1) is 12.0. The average Bonchev–Trinajstić information content (AvgIpc) is 2.32. The molecule has 0 saturated heterocycles. The number of carbonyl (C=O) groups is 1. The summed E-state index contributed by atoms with van der Waals surface area (Å²) in [6.45, 7) is 0. The van der Waals surface area contributed by atoms with Gasteiger partial charge in [-0.15, -0.1) is 0 Å². The van der Waals surface area contributed by atoms with Gasteiger partial charge in [-0.05, 0) is 36.4 Å². The van der Waals surface area contributed by atoms with Crippen LogP contribution in [0.5, 0.6) is 11.5 Å². The number of rotatable bonds is 3. The molecule has 0 radical (unpaired) electrons. The number of carbonyl (C=O) groups excluding carboxylic acids is 1. The molecule has 0 saturated carbocycles. The van der Waals surface area contributed by atoms with Gasteiger partial charge < -0.3 is 4.74 Å². The summed E-state index contributed by atoms with van der Waals surface area (Å²) >= 11 is 11.7. The van der Waals surface area contributed by atoms with Crippen molar-refractivity contribution in [3.8, 4) is 11.5 Å². The van der Waals surface area contributed by atoms with Crippen molar-refractivity contribution < 1.29 is 9.53 Å². The standard InChI is InChI=1S/C13H8Cl2O2/c14-10-2-5-11(6-3-10)17-12-4-1-9(8-16)13(15)7-12/h1-8H. The predicted octanol–water partition coefficient (Wildman–Crippen LogP) is 4.60. The number of benzene rings is 2. The van der Waals surface area contributed by atoms with Crippen LogP contribution >= 0.6 is 23.2 Å². The summed E-state index contributed by atoms with van der Waals surface area (Å²) in [4.78, 5) is 10.6. The van der Waals surface area contributed by atoms with Gasteiger partial charge in [-0.1, -0.05) is 23.2 Å². The predicted molar refractivity (Wildman–Crippen MR) is 68.4 cm³/mol. The molecular formula is C13H8Cl2O2. The van der Waals surface area contributed by atoms with Crippen molar-refractivity contribution in [2.45, 2.75) is 0 Å². The second-order valence-corrected chi connectivity index (χ2v) is 4.20. The molecular weight excluding hydrogens is 259 g/mol. The van der Waals surface area contributed by atoms with Gasteiger partial charge in [-0.25, -0.2) is 0 Å². The van der Waals surface area contributed by atoms with Gasteiger partial charge in [0.05, 0.1) is 5.02 Å². The lowest BCUT2D eigenvalue weighted by atomic mass is 10.2. The van der Waals surface area contributed by atoms with Crippen molar-refractivity contribution in [3.63, 3.8) is 0 Å². The Morgan fingerprint density at radius 1 is 0.941 bits per heavy atom. The topological polar surface area (TPSA) is 26.3 Å². The molecule has 17 heavy (non-hydrogen) atoms. The highest BCUT2D eigenvalue weighted by atomic mass is 35.5. The Morgan fingerprint density at radius 2 is 1.59 bits per heavy atom. The van der Waals surface area contributed by atoms with Crippen molar-refractivity contribution in [1.29, 1.82) is 0 Å². The summed E-state index contributed by atoms with van der Waals surface area (Å²) in [5.74, 6) is 1.23. The first-order valence-electron chi connectivity index (χ1n) is 4.87. The van der Waals surface area contributed by atoms with E-state index in [1.54, 1.807) is 42.5 Å². The van der Waals surface area contributed by atoms with Crippen molar-refractivity contribution in [2.75, 3.05) is 0 Å². The molecule has 0 bridgehead atoms. The van der Waals surface area contributed by atoms with E-state index < -0.39 is 0 Å². The molecule has 2 nitrogen and oxygen atoms in total. The quantitative estimate of drug-likeness (QED) is 0.760. The van der Waals surface area contributed by atoms with Crippen LogP contribution < -0.4 is 4.74 Å². The second kappa shape index (κ2) is 5.21. The SMILES string of the molecule is O=Cc1ccc(Oc2ccc(Cl)cc2)cc1Cl. The van der Waals surface area contributed by atoms with E-state index in [1.165, 1.54) is 0 Å². The number of halogens is 2. The highest BCUT2D eigenvalue weighted by Crippen LogP contribution is 2.26. The average molecular weight is 267 g/mol. The van der Waals surface area contributed by atoms with Crippen LogP contribution in [0.15, 0.2) is 42.5 Å². The van der Waals surface area contributed by atoms with Crippen LogP contribution in [-0.4, -0.2) is 6.29 Å². The lowest BCUT2D eigenvalue weighted by molar-refractivity contribution is 0.112. The molecule has 2 aromatic rings.